The normalized spacial score (nSPS) is 11.0. The van der Waals surface area contributed by atoms with E-state index in [1.54, 1.807) is 17.1 Å². The summed E-state index contributed by atoms with van der Waals surface area (Å²) in [6.07, 6.45) is 6.18. The van der Waals surface area contributed by atoms with Gasteiger partial charge in [0.25, 0.3) is 0 Å². The van der Waals surface area contributed by atoms with Crippen molar-refractivity contribution in [1.29, 1.82) is 0 Å². The van der Waals surface area contributed by atoms with Crippen LogP contribution in [-0.2, 0) is 24.4 Å². The Balaban J connectivity index is 1.63. The van der Waals surface area contributed by atoms with Crippen LogP contribution in [0.4, 0.5) is 0 Å². The molecule has 24 heavy (non-hydrogen) atoms. The molecule has 7 nitrogen and oxygen atoms in total. The lowest BCUT2D eigenvalue weighted by Gasteiger charge is -2.06. The molecule has 0 bridgehead atoms. The molecule has 1 N–H and O–H groups in total. The minimum Gasteiger partial charge on any atom is -0.354 e. The number of aromatic nitrogens is 4. The first-order chi connectivity index (χ1) is 11.7. The van der Waals surface area contributed by atoms with Gasteiger partial charge in [-0.1, -0.05) is 12.1 Å². The molecule has 126 valence electrons. The topological polar surface area (TPSA) is 73.8 Å². The Morgan fingerprint density at radius 3 is 2.62 bits per heavy atom. The predicted molar refractivity (Wildman–Crippen MR) is 91.7 cm³/mol. The van der Waals surface area contributed by atoms with E-state index in [0.717, 1.165) is 24.0 Å². The Morgan fingerprint density at radius 1 is 1.21 bits per heavy atom. The molecular weight excluding hydrogens is 306 g/mol. The van der Waals surface area contributed by atoms with Gasteiger partial charge in [0.2, 0.25) is 5.91 Å². The van der Waals surface area contributed by atoms with Crippen LogP contribution in [0.2, 0.25) is 0 Å². The van der Waals surface area contributed by atoms with Gasteiger partial charge in [-0.3, -0.25) is 13.9 Å². The number of nitrogens with one attached hydrogen (secondary N) is 1. The zero-order valence-electron chi connectivity index (χ0n) is 13.7. The first-order valence-electron chi connectivity index (χ1n) is 8.11. The Morgan fingerprint density at radius 2 is 1.96 bits per heavy atom. The van der Waals surface area contributed by atoms with Gasteiger partial charge in [0.15, 0.2) is 0 Å². The van der Waals surface area contributed by atoms with Crippen LogP contribution >= 0.6 is 0 Å². The average molecular weight is 327 g/mol. The van der Waals surface area contributed by atoms with Crippen molar-refractivity contribution in [3.63, 3.8) is 0 Å². The van der Waals surface area contributed by atoms with Crippen LogP contribution in [0, 0.1) is 0 Å². The SMILES string of the molecule is CCn1c(=O)n(CC(=O)NCCCn2ccnc2)c2ccccc21. The highest BCUT2D eigenvalue weighted by Gasteiger charge is 2.13. The van der Waals surface area contributed by atoms with Crippen LogP contribution in [0.15, 0.2) is 47.8 Å². The Kier molecular flexibility index (Phi) is 4.79. The summed E-state index contributed by atoms with van der Waals surface area (Å²) in [4.78, 5) is 28.6. The second kappa shape index (κ2) is 7.16. The van der Waals surface area contributed by atoms with Crippen molar-refractivity contribution in [2.45, 2.75) is 33.0 Å². The Hall–Kier alpha value is -2.83. The number of aryl methyl sites for hydroxylation is 2. The number of amides is 1. The number of nitrogens with zero attached hydrogens (tertiary/aromatic N) is 4. The van der Waals surface area contributed by atoms with Crippen LogP contribution in [-0.4, -0.2) is 31.1 Å². The van der Waals surface area contributed by atoms with Crippen LogP contribution in [0.1, 0.15) is 13.3 Å². The maximum atomic E-state index is 12.5. The molecule has 0 saturated carbocycles. The summed E-state index contributed by atoms with van der Waals surface area (Å²) < 4.78 is 5.18. The van der Waals surface area contributed by atoms with Gasteiger partial charge in [0, 0.05) is 32.0 Å². The molecule has 0 spiro atoms. The molecule has 0 radical (unpaired) electrons. The quantitative estimate of drug-likeness (QED) is 0.663. The molecule has 0 saturated heterocycles. The molecule has 0 aliphatic rings. The number of hydrogen-bond acceptors (Lipinski definition) is 3. The molecule has 0 unspecified atom stereocenters. The summed E-state index contributed by atoms with van der Waals surface area (Å²) in [5.41, 5.74) is 1.50. The van der Waals surface area contributed by atoms with Gasteiger partial charge >= 0.3 is 5.69 Å². The minimum atomic E-state index is -0.151. The monoisotopic (exact) mass is 327 g/mol. The van der Waals surface area contributed by atoms with Crippen molar-refractivity contribution >= 4 is 16.9 Å². The van der Waals surface area contributed by atoms with Crippen molar-refractivity contribution in [2.75, 3.05) is 6.54 Å². The van der Waals surface area contributed by atoms with E-state index in [2.05, 4.69) is 10.3 Å². The highest BCUT2D eigenvalue weighted by Crippen LogP contribution is 2.12. The lowest BCUT2D eigenvalue weighted by Crippen LogP contribution is -2.33. The van der Waals surface area contributed by atoms with Crippen LogP contribution < -0.4 is 11.0 Å². The summed E-state index contributed by atoms with van der Waals surface area (Å²) in [6, 6.07) is 7.55. The van der Waals surface area contributed by atoms with Crippen molar-refractivity contribution in [3.8, 4) is 0 Å². The third-order valence-electron chi connectivity index (χ3n) is 4.02. The van der Waals surface area contributed by atoms with Gasteiger partial charge in [-0.25, -0.2) is 9.78 Å². The molecule has 0 atom stereocenters. The van der Waals surface area contributed by atoms with Gasteiger partial charge in [-0.2, -0.15) is 0 Å². The van der Waals surface area contributed by atoms with E-state index in [4.69, 9.17) is 0 Å². The van der Waals surface area contributed by atoms with E-state index >= 15 is 0 Å². The van der Waals surface area contributed by atoms with Crippen LogP contribution in [0.5, 0.6) is 0 Å². The summed E-state index contributed by atoms with van der Waals surface area (Å²) in [7, 11) is 0. The molecular formula is C17H21N5O2. The molecule has 0 aliphatic carbocycles. The third kappa shape index (κ3) is 3.24. The van der Waals surface area contributed by atoms with E-state index in [1.165, 1.54) is 4.57 Å². The van der Waals surface area contributed by atoms with Crippen LogP contribution in [0.25, 0.3) is 11.0 Å². The summed E-state index contributed by atoms with van der Waals surface area (Å²) in [5.74, 6) is -0.151. The fourth-order valence-corrected chi connectivity index (χ4v) is 2.84. The van der Waals surface area contributed by atoms with Gasteiger partial charge in [-0.15, -0.1) is 0 Å². The fraction of sp³-hybridized carbons (Fsp3) is 0.353. The molecule has 2 aromatic heterocycles. The van der Waals surface area contributed by atoms with Crippen molar-refractivity contribution in [2.24, 2.45) is 0 Å². The standard InChI is InChI=1S/C17H21N5O2/c1-2-21-14-6-3-4-7-15(14)22(17(21)24)12-16(23)19-8-5-10-20-11-9-18-13-20/h3-4,6-7,9,11,13H,2,5,8,10,12H2,1H3,(H,19,23). The van der Waals surface area contributed by atoms with E-state index in [9.17, 15) is 9.59 Å². The maximum absolute atomic E-state index is 12.5. The summed E-state index contributed by atoms with van der Waals surface area (Å²) >= 11 is 0. The van der Waals surface area contributed by atoms with Gasteiger partial charge in [0.1, 0.15) is 6.54 Å². The molecule has 0 aliphatic heterocycles. The number of carbonyl (C=O) groups excluding carboxylic acids is 1. The van der Waals surface area contributed by atoms with Crippen LogP contribution in [0.3, 0.4) is 0 Å². The largest absolute Gasteiger partial charge is 0.354 e. The fourth-order valence-electron chi connectivity index (χ4n) is 2.84. The molecule has 2 heterocycles. The third-order valence-corrected chi connectivity index (χ3v) is 4.02. The predicted octanol–water partition coefficient (Wildman–Crippen LogP) is 1.23. The minimum absolute atomic E-state index is 0.0391. The lowest BCUT2D eigenvalue weighted by molar-refractivity contribution is -0.121. The van der Waals surface area contributed by atoms with Gasteiger partial charge in [0.05, 0.1) is 17.4 Å². The Labute approximate surface area is 139 Å². The van der Waals surface area contributed by atoms with E-state index in [1.807, 2.05) is 42.0 Å². The van der Waals surface area contributed by atoms with E-state index < -0.39 is 0 Å². The number of fused-ring (bicyclic) bond motifs is 1. The first-order valence-corrected chi connectivity index (χ1v) is 8.11. The smallest absolute Gasteiger partial charge is 0.329 e. The lowest BCUT2D eigenvalue weighted by atomic mass is 10.3. The van der Waals surface area contributed by atoms with Gasteiger partial charge in [-0.05, 0) is 25.5 Å². The number of carbonyl (C=O) groups is 1. The molecule has 3 aromatic rings. The maximum Gasteiger partial charge on any atom is 0.329 e. The Bertz CT molecular complexity index is 876. The molecule has 0 fully saturated rings. The average Bonchev–Trinajstić information content (AvgIpc) is 3.19. The molecule has 7 heteroatoms. The van der Waals surface area contributed by atoms with Crippen molar-refractivity contribution < 1.29 is 4.79 Å². The highest BCUT2D eigenvalue weighted by molar-refractivity contribution is 5.80. The zero-order valence-corrected chi connectivity index (χ0v) is 13.7. The molecule has 1 aromatic carbocycles. The first kappa shape index (κ1) is 16.0. The second-order valence-corrected chi connectivity index (χ2v) is 5.61. The van der Waals surface area contributed by atoms with Crippen molar-refractivity contribution in [3.05, 3.63) is 53.5 Å². The summed E-state index contributed by atoms with van der Waals surface area (Å²) in [5, 5.41) is 2.87. The molecule has 1 amide bonds. The zero-order chi connectivity index (χ0) is 16.9. The van der Waals surface area contributed by atoms with E-state index in [0.29, 0.717) is 13.1 Å². The highest BCUT2D eigenvalue weighted by atomic mass is 16.2. The summed E-state index contributed by atoms with van der Waals surface area (Å²) in [6.45, 7) is 3.91. The van der Waals surface area contributed by atoms with E-state index in [-0.39, 0.29) is 18.1 Å². The number of imidazole rings is 2. The number of hydrogen-bond donors (Lipinski definition) is 1. The number of rotatable bonds is 7. The van der Waals surface area contributed by atoms with Gasteiger partial charge < -0.3 is 9.88 Å². The number of para-hydroxylation sites is 2. The molecule has 3 rings (SSSR count). The van der Waals surface area contributed by atoms with Crippen molar-refractivity contribution in [1.82, 2.24) is 24.0 Å². The second-order valence-electron chi connectivity index (χ2n) is 5.61. The number of benzene rings is 1.